The molecule has 0 aliphatic rings. The van der Waals surface area contributed by atoms with E-state index in [1.54, 1.807) is 37.4 Å². The van der Waals surface area contributed by atoms with Gasteiger partial charge < -0.3 is 4.74 Å². The number of nitro groups is 1. The number of hydrogen-bond acceptors (Lipinski definition) is 4. The van der Waals surface area contributed by atoms with Gasteiger partial charge in [0.1, 0.15) is 5.75 Å². The van der Waals surface area contributed by atoms with Crippen LogP contribution < -0.4 is 4.74 Å². The molecule has 0 N–H and O–H groups in total. The molecule has 0 aromatic heterocycles. The standard InChI is InChI=1S/C20H14ClNO4/c1-26-19-10-7-15(12-18(19)14-3-2-4-16(21)11-14)20(23)13-5-8-17(9-6-13)22(24)25/h2-12H,1H3. The van der Waals surface area contributed by atoms with E-state index in [0.717, 1.165) is 11.1 Å². The van der Waals surface area contributed by atoms with Gasteiger partial charge in [-0.1, -0.05) is 23.7 Å². The summed E-state index contributed by atoms with van der Waals surface area (Å²) in [6.45, 7) is 0. The average molecular weight is 368 g/mol. The van der Waals surface area contributed by atoms with Gasteiger partial charge in [0.05, 0.1) is 12.0 Å². The number of nitrogens with zero attached hydrogens (tertiary/aromatic N) is 1. The quantitative estimate of drug-likeness (QED) is 0.355. The molecule has 3 aromatic carbocycles. The zero-order valence-electron chi connectivity index (χ0n) is 13.8. The van der Waals surface area contributed by atoms with Crippen molar-refractivity contribution < 1.29 is 14.5 Å². The molecular weight excluding hydrogens is 354 g/mol. The minimum atomic E-state index is -0.501. The maximum atomic E-state index is 12.7. The molecule has 0 aliphatic carbocycles. The highest BCUT2D eigenvalue weighted by molar-refractivity contribution is 6.30. The minimum Gasteiger partial charge on any atom is -0.496 e. The number of nitro benzene ring substituents is 1. The van der Waals surface area contributed by atoms with Crippen LogP contribution in [0.4, 0.5) is 5.69 Å². The number of benzene rings is 3. The first-order valence-corrected chi connectivity index (χ1v) is 8.10. The fourth-order valence-electron chi connectivity index (χ4n) is 2.63. The number of ether oxygens (including phenoxy) is 1. The summed E-state index contributed by atoms with van der Waals surface area (Å²) in [6.07, 6.45) is 0. The summed E-state index contributed by atoms with van der Waals surface area (Å²) >= 11 is 6.07. The van der Waals surface area contributed by atoms with Crippen molar-refractivity contribution in [2.75, 3.05) is 7.11 Å². The molecule has 0 bridgehead atoms. The molecule has 0 aliphatic heterocycles. The van der Waals surface area contributed by atoms with Gasteiger partial charge in [-0.3, -0.25) is 14.9 Å². The molecule has 0 amide bonds. The predicted octanol–water partition coefficient (Wildman–Crippen LogP) is 5.15. The smallest absolute Gasteiger partial charge is 0.269 e. The predicted molar refractivity (Wildman–Crippen MR) is 100.0 cm³/mol. The third-order valence-corrected chi connectivity index (χ3v) is 4.17. The molecule has 26 heavy (non-hydrogen) atoms. The third-order valence-electron chi connectivity index (χ3n) is 3.94. The zero-order valence-corrected chi connectivity index (χ0v) is 14.6. The lowest BCUT2D eigenvalue weighted by atomic mass is 9.97. The van der Waals surface area contributed by atoms with Crippen LogP contribution in [0, 0.1) is 10.1 Å². The SMILES string of the molecule is COc1ccc(C(=O)c2ccc([N+](=O)[O-])cc2)cc1-c1cccc(Cl)c1. The van der Waals surface area contributed by atoms with Crippen LogP contribution in [0.3, 0.4) is 0 Å². The van der Waals surface area contributed by atoms with E-state index >= 15 is 0 Å². The molecular formula is C20H14ClNO4. The Kier molecular flexibility index (Phi) is 5.00. The van der Waals surface area contributed by atoms with Crippen LogP contribution in [0.25, 0.3) is 11.1 Å². The van der Waals surface area contributed by atoms with Crippen LogP contribution >= 0.6 is 11.6 Å². The van der Waals surface area contributed by atoms with Crippen molar-refractivity contribution in [2.45, 2.75) is 0 Å². The van der Waals surface area contributed by atoms with E-state index in [2.05, 4.69) is 0 Å². The molecule has 0 atom stereocenters. The Bertz CT molecular complexity index is 983. The molecule has 0 saturated heterocycles. The molecule has 0 radical (unpaired) electrons. The van der Waals surface area contributed by atoms with Crippen molar-refractivity contribution in [3.8, 4) is 16.9 Å². The summed E-state index contributed by atoms with van der Waals surface area (Å²) in [6, 6.07) is 17.9. The highest BCUT2D eigenvalue weighted by Gasteiger charge is 2.15. The topological polar surface area (TPSA) is 69.4 Å². The Morgan fingerprint density at radius 2 is 1.69 bits per heavy atom. The first-order chi connectivity index (χ1) is 12.5. The lowest BCUT2D eigenvalue weighted by Crippen LogP contribution is -2.02. The van der Waals surface area contributed by atoms with Gasteiger partial charge in [0.15, 0.2) is 5.78 Å². The van der Waals surface area contributed by atoms with Gasteiger partial charge in [-0.05, 0) is 48.0 Å². The highest BCUT2D eigenvalue weighted by Crippen LogP contribution is 2.33. The van der Waals surface area contributed by atoms with E-state index in [1.807, 2.05) is 12.1 Å². The van der Waals surface area contributed by atoms with Crippen molar-refractivity contribution in [1.29, 1.82) is 0 Å². The second-order valence-corrected chi connectivity index (χ2v) is 5.99. The Morgan fingerprint density at radius 1 is 1.00 bits per heavy atom. The van der Waals surface area contributed by atoms with E-state index in [0.29, 0.717) is 21.9 Å². The molecule has 0 fully saturated rings. The Hall–Kier alpha value is -3.18. The molecule has 0 saturated carbocycles. The van der Waals surface area contributed by atoms with Crippen molar-refractivity contribution in [1.82, 2.24) is 0 Å². The Balaban J connectivity index is 2.01. The number of carbonyl (C=O) groups excluding carboxylic acids is 1. The van der Waals surface area contributed by atoms with E-state index in [9.17, 15) is 14.9 Å². The Labute approximate surface area is 155 Å². The van der Waals surface area contributed by atoms with Gasteiger partial charge in [0.25, 0.3) is 5.69 Å². The number of carbonyl (C=O) groups is 1. The summed E-state index contributed by atoms with van der Waals surface area (Å²) in [7, 11) is 1.56. The summed E-state index contributed by atoms with van der Waals surface area (Å²) in [5.41, 5.74) is 2.33. The average Bonchev–Trinajstić information content (AvgIpc) is 2.67. The first kappa shape index (κ1) is 17.6. The van der Waals surface area contributed by atoms with E-state index in [1.165, 1.54) is 24.3 Å². The van der Waals surface area contributed by atoms with Crippen molar-refractivity contribution in [3.63, 3.8) is 0 Å². The maximum Gasteiger partial charge on any atom is 0.269 e. The van der Waals surface area contributed by atoms with Crippen LogP contribution in [0.5, 0.6) is 5.75 Å². The normalized spacial score (nSPS) is 10.4. The number of ketones is 1. The summed E-state index contributed by atoms with van der Waals surface area (Å²) in [5, 5.41) is 11.3. The van der Waals surface area contributed by atoms with Gasteiger partial charge in [0, 0.05) is 33.8 Å². The summed E-state index contributed by atoms with van der Waals surface area (Å²) in [4.78, 5) is 23.0. The van der Waals surface area contributed by atoms with Crippen LogP contribution in [0.2, 0.25) is 5.02 Å². The molecule has 3 rings (SSSR count). The number of rotatable bonds is 5. The number of methoxy groups -OCH3 is 1. The second kappa shape index (κ2) is 7.37. The third kappa shape index (κ3) is 3.58. The van der Waals surface area contributed by atoms with E-state index in [-0.39, 0.29) is 11.5 Å². The van der Waals surface area contributed by atoms with Gasteiger partial charge in [0.2, 0.25) is 0 Å². The van der Waals surface area contributed by atoms with Crippen molar-refractivity contribution in [3.05, 3.63) is 93.0 Å². The zero-order chi connectivity index (χ0) is 18.7. The van der Waals surface area contributed by atoms with Gasteiger partial charge in [-0.15, -0.1) is 0 Å². The van der Waals surface area contributed by atoms with Crippen molar-refractivity contribution >= 4 is 23.1 Å². The molecule has 130 valence electrons. The summed E-state index contributed by atoms with van der Waals surface area (Å²) in [5.74, 6) is 0.387. The highest BCUT2D eigenvalue weighted by atomic mass is 35.5. The number of hydrogen-bond donors (Lipinski definition) is 0. The van der Waals surface area contributed by atoms with E-state index < -0.39 is 4.92 Å². The molecule has 0 spiro atoms. The number of halogens is 1. The van der Waals surface area contributed by atoms with Crippen LogP contribution in [-0.4, -0.2) is 17.8 Å². The molecule has 5 nitrogen and oxygen atoms in total. The molecule has 6 heteroatoms. The molecule has 0 unspecified atom stereocenters. The monoisotopic (exact) mass is 367 g/mol. The maximum absolute atomic E-state index is 12.7. The lowest BCUT2D eigenvalue weighted by molar-refractivity contribution is -0.384. The Morgan fingerprint density at radius 3 is 2.31 bits per heavy atom. The van der Waals surface area contributed by atoms with Gasteiger partial charge in [-0.25, -0.2) is 0 Å². The van der Waals surface area contributed by atoms with Crippen LogP contribution in [-0.2, 0) is 0 Å². The summed E-state index contributed by atoms with van der Waals surface area (Å²) < 4.78 is 5.39. The second-order valence-electron chi connectivity index (χ2n) is 5.56. The largest absolute Gasteiger partial charge is 0.496 e. The minimum absolute atomic E-state index is 0.0594. The lowest BCUT2D eigenvalue weighted by Gasteiger charge is -2.11. The fraction of sp³-hybridized carbons (Fsp3) is 0.0500. The van der Waals surface area contributed by atoms with Gasteiger partial charge in [-0.2, -0.15) is 0 Å². The number of non-ortho nitro benzene ring substituents is 1. The molecule has 0 heterocycles. The van der Waals surface area contributed by atoms with Crippen LogP contribution in [0.15, 0.2) is 66.7 Å². The van der Waals surface area contributed by atoms with E-state index in [4.69, 9.17) is 16.3 Å². The fourth-order valence-corrected chi connectivity index (χ4v) is 2.82. The van der Waals surface area contributed by atoms with Crippen LogP contribution in [0.1, 0.15) is 15.9 Å². The van der Waals surface area contributed by atoms with Gasteiger partial charge >= 0.3 is 0 Å². The molecule has 3 aromatic rings. The first-order valence-electron chi connectivity index (χ1n) is 7.73. The van der Waals surface area contributed by atoms with Crippen molar-refractivity contribution in [2.24, 2.45) is 0 Å².